The Morgan fingerprint density at radius 3 is 2.70 bits per heavy atom. The summed E-state index contributed by atoms with van der Waals surface area (Å²) < 4.78 is 5.43. The summed E-state index contributed by atoms with van der Waals surface area (Å²) in [5.41, 5.74) is 1.43. The van der Waals surface area contributed by atoms with Gasteiger partial charge >= 0.3 is 0 Å². The lowest BCUT2D eigenvalue weighted by Gasteiger charge is -2.12. The zero-order valence-corrected chi connectivity index (χ0v) is 11.0. The number of rotatable bonds is 5. The third-order valence-corrected chi connectivity index (χ3v) is 2.63. The van der Waals surface area contributed by atoms with E-state index in [-0.39, 0.29) is 5.91 Å². The first-order valence-electron chi connectivity index (χ1n) is 6.18. The predicted octanol–water partition coefficient (Wildman–Crippen LogP) is 2.55. The Bertz CT molecular complexity index is 612. The monoisotopic (exact) mass is 270 g/mol. The minimum absolute atomic E-state index is 0.281. The molecule has 0 radical (unpaired) electrons. The van der Waals surface area contributed by atoms with Crippen LogP contribution in [0.1, 0.15) is 27.6 Å². The van der Waals surface area contributed by atoms with Crippen LogP contribution in [0.2, 0.25) is 0 Å². The maximum atomic E-state index is 12.1. The minimum atomic E-state index is -0.281. The summed E-state index contributed by atoms with van der Waals surface area (Å²) >= 11 is 0. The van der Waals surface area contributed by atoms with Crippen molar-refractivity contribution in [1.29, 1.82) is 0 Å². The van der Waals surface area contributed by atoms with Gasteiger partial charge in [0.15, 0.2) is 0 Å². The molecule has 1 heterocycles. The smallest absolute Gasteiger partial charge is 0.255 e. The Morgan fingerprint density at radius 2 is 2.05 bits per heavy atom. The molecule has 0 saturated carbocycles. The Balaban J connectivity index is 2.27. The van der Waals surface area contributed by atoms with E-state index in [4.69, 9.17) is 4.74 Å². The Hall–Kier alpha value is -2.69. The molecule has 2 aromatic rings. The predicted molar refractivity (Wildman–Crippen MR) is 75.2 cm³/mol. The molecule has 5 nitrogen and oxygen atoms in total. The van der Waals surface area contributed by atoms with Crippen LogP contribution in [0.15, 0.2) is 42.7 Å². The van der Waals surface area contributed by atoms with Gasteiger partial charge in [-0.3, -0.25) is 14.6 Å². The standard InChI is InChI=1S/C15H14N2O3/c1-2-20-14-4-3-11(10-18)9-13(14)17-15(19)12-5-7-16-8-6-12/h3-10H,2H2,1H3,(H,17,19). The van der Waals surface area contributed by atoms with Gasteiger partial charge in [-0.25, -0.2) is 0 Å². The number of carbonyl (C=O) groups is 2. The third kappa shape index (κ3) is 3.20. The summed E-state index contributed by atoms with van der Waals surface area (Å²) in [6, 6.07) is 8.10. The van der Waals surface area contributed by atoms with E-state index >= 15 is 0 Å². The highest BCUT2D eigenvalue weighted by Gasteiger charge is 2.10. The van der Waals surface area contributed by atoms with Crippen molar-refractivity contribution in [2.75, 3.05) is 11.9 Å². The van der Waals surface area contributed by atoms with Crippen molar-refractivity contribution in [3.63, 3.8) is 0 Å². The Kier molecular flexibility index (Phi) is 4.44. The number of aromatic nitrogens is 1. The third-order valence-electron chi connectivity index (χ3n) is 2.63. The van der Waals surface area contributed by atoms with Crippen LogP contribution in [0.3, 0.4) is 0 Å². The van der Waals surface area contributed by atoms with Crippen LogP contribution in [0.25, 0.3) is 0 Å². The number of hydrogen-bond donors (Lipinski definition) is 1. The van der Waals surface area contributed by atoms with Gasteiger partial charge in [-0.2, -0.15) is 0 Å². The Morgan fingerprint density at radius 1 is 1.30 bits per heavy atom. The summed E-state index contributed by atoms with van der Waals surface area (Å²) in [5.74, 6) is 0.247. The molecule has 0 aliphatic rings. The first-order valence-corrected chi connectivity index (χ1v) is 6.18. The molecule has 20 heavy (non-hydrogen) atoms. The van der Waals surface area contributed by atoms with Crippen molar-refractivity contribution >= 4 is 17.9 Å². The second-order valence-electron chi connectivity index (χ2n) is 4.00. The molecule has 1 aromatic heterocycles. The topological polar surface area (TPSA) is 68.3 Å². The zero-order chi connectivity index (χ0) is 14.4. The van der Waals surface area contributed by atoms with Gasteiger partial charge in [0.1, 0.15) is 12.0 Å². The first kappa shape index (κ1) is 13.7. The lowest BCUT2D eigenvalue weighted by molar-refractivity contribution is 0.102. The number of pyridine rings is 1. The van der Waals surface area contributed by atoms with Crippen molar-refractivity contribution in [3.05, 3.63) is 53.9 Å². The molecule has 5 heteroatoms. The largest absolute Gasteiger partial charge is 0.492 e. The van der Waals surface area contributed by atoms with E-state index in [1.807, 2.05) is 6.92 Å². The van der Waals surface area contributed by atoms with E-state index < -0.39 is 0 Å². The van der Waals surface area contributed by atoms with Gasteiger partial charge in [0.05, 0.1) is 12.3 Å². The summed E-state index contributed by atoms with van der Waals surface area (Å²) in [5, 5.41) is 2.74. The lowest BCUT2D eigenvalue weighted by atomic mass is 10.2. The van der Waals surface area contributed by atoms with Crippen molar-refractivity contribution in [1.82, 2.24) is 4.98 Å². The number of anilines is 1. The molecule has 0 fully saturated rings. The van der Waals surface area contributed by atoms with Crippen molar-refractivity contribution in [2.24, 2.45) is 0 Å². The molecule has 0 unspecified atom stereocenters. The molecule has 0 spiro atoms. The lowest BCUT2D eigenvalue weighted by Crippen LogP contribution is -2.13. The second-order valence-corrected chi connectivity index (χ2v) is 4.00. The molecule has 1 aromatic carbocycles. The van der Waals surface area contributed by atoms with Gasteiger partial charge < -0.3 is 10.1 Å². The quantitative estimate of drug-likeness (QED) is 0.848. The fourth-order valence-electron chi connectivity index (χ4n) is 1.70. The zero-order valence-electron chi connectivity index (χ0n) is 11.0. The molecular weight excluding hydrogens is 256 g/mol. The van der Waals surface area contributed by atoms with Gasteiger partial charge in [-0.1, -0.05) is 0 Å². The minimum Gasteiger partial charge on any atom is -0.492 e. The number of ether oxygens (including phenoxy) is 1. The molecule has 0 saturated heterocycles. The van der Waals surface area contributed by atoms with E-state index in [0.717, 1.165) is 6.29 Å². The highest BCUT2D eigenvalue weighted by atomic mass is 16.5. The van der Waals surface area contributed by atoms with Gasteiger partial charge in [-0.05, 0) is 37.3 Å². The van der Waals surface area contributed by atoms with Crippen LogP contribution in [0.4, 0.5) is 5.69 Å². The molecule has 1 N–H and O–H groups in total. The van der Waals surface area contributed by atoms with Crippen LogP contribution in [0.5, 0.6) is 5.75 Å². The molecule has 0 atom stereocenters. The fraction of sp³-hybridized carbons (Fsp3) is 0.133. The number of carbonyl (C=O) groups excluding carboxylic acids is 2. The second kappa shape index (κ2) is 6.47. The number of benzene rings is 1. The highest BCUT2D eigenvalue weighted by molar-refractivity contribution is 6.05. The van der Waals surface area contributed by atoms with Crippen LogP contribution in [-0.4, -0.2) is 23.8 Å². The molecule has 0 aliphatic carbocycles. The van der Waals surface area contributed by atoms with Crippen LogP contribution >= 0.6 is 0 Å². The van der Waals surface area contributed by atoms with E-state index in [1.54, 1.807) is 42.7 Å². The van der Waals surface area contributed by atoms with Crippen molar-refractivity contribution in [2.45, 2.75) is 6.92 Å². The molecule has 0 aliphatic heterocycles. The molecular formula is C15H14N2O3. The highest BCUT2D eigenvalue weighted by Crippen LogP contribution is 2.26. The van der Waals surface area contributed by atoms with Crippen molar-refractivity contribution in [3.8, 4) is 5.75 Å². The van der Waals surface area contributed by atoms with Crippen molar-refractivity contribution < 1.29 is 14.3 Å². The average molecular weight is 270 g/mol. The molecule has 1 amide bonds. The van der Waals surface area contributed by atoms with Gasteiger partial charge in [0.2, 0.25) is 0 Å². The van der Waals surface area contributed by atoms with E-state index in [0.29, 0.717) is 29.2 Å². The number of nitrogens with zero attached hydrogens (tertiary/aromatic N) is 1. The first-order chi connectivity index (χ1) is 9.74. The molecule has 2 rings (SSSR count). The summed E-state index contributed by atoms with van der Waals surface area (Å²) in [6.07, 6.45) is 3.80. The van der Waals surface area contributed by atoms with Gasteiger partial charge in [0.25, 0.3) is 5.91 Å². The van der Waals surface area contributed by atoms with E-state index in [2.05, 4.69) is 10.3 Å². The number of nitrogens with one attached hydrogen (secondary N) is 1. The Labute approximate surface area is 116 Å². The fourth-order valence-corrected chi connectivity index (χ4v) is 1.70. The average Bonchev–Trinajstić information content (AvgIpc) is 2.50. The van der Waals surface area contributed by atoms with Crippen LogP contribution < -0.4 is 10.1 Å². The normalized spacial score (nSPS) is 9.85. The molecule has 102 valence electrons. The van der Waals surface area contributed by atoms with Gasteiger partial charge in [0, 0.05) is 23.5 Å². The number of amides is 1. The van der Waals surface area contributed by atoms with E-state index in [9.17, 15) is 9.59 Å². The maximum absolute atomic E-state index is 12.1. The summed E-state index contributed by atoms with van der Waals surface area (Å²) in [6.45, 7) is 2.32. The number of aldehydes is 1. The van der Waals surface area contributed by atoms with Gasteiger partial charge in [-0.15, -0.1) is 0 Å². The summed E-state index contributed by atoms with van der Waals surface area (Å²) in [4.78, 5) is 26.8. The van der Waals surface area contributed by atoms with Crippen LogP contribution in [-0.2, 0) is 0 Å². The van der Waals surface area contributed by atoms with E-state index in [1.165, 1.54) is 0 Å². The maximum Gasteiger partial charge on any atom is 0.255 e. The SMILES string of the molecule is CCOc1ccc(C=O)cc1NC(=O)c1ccncc1. The summed E-state index contributed by atoms with van der Waals surface area (Å²) in [7, 11) is 0. The van der Waals surface area contributed by atoms with Crippen LogP contribution in [0, 0.1) is 0 Å². The number of hydrogen-bond acceptors (Lipinski definition) is 4. The molecule has 0 bridgehead atoms.